The summed E-state index contributed by atoms with van der Waals surface area (Å²) in [5.74, 6) is 1.42. The minimum atomic E-state index is 0.668. The van der Waals surface area contributed by atoms with Gasteiger partial charge in [0.25, 0.3) is 0 Å². The van der Waals surface area contributed by atoms with Crippen LogP contribution in [0.5, 0.6) is 0 Å². The number of halogens is 1. The second-order valence-electron chi connectivity index (χ2n) is 9.27. The minimum Gasteiger partial charge on any atom is -0.379 e. The highest BCUT2D eigenvalue weighted by Gasteiger charge is 2.18. The lowest BCUT2D eigenvalue weighted by Gasteiger charge is -2.27. The van der Waals surface area contributed by atoms with Gasteiger partial charge in [-0.05, 0) is 30.3 Å². The molecule has 0 saturated carbocycles. The molecule has 2 aromatic carbocycles. The predicted molar refractivity (Wildman–Crippen MR) is 146 cm³/mol. The van der Waals surface area contributed by atoms with Gasteiger partial charge < -0.3 is 19.7 Å². The van der Waals surface area contributed by atoms with E-state index in [1.807, 2.05) is 36.5 Å². The largest absolute Gasteiger partial charge is 0.379 e. The number of nitrogens with one attached hydrogen (secondary N) is 1. The van der Waals surface area contributed by atoms with Gasteiger partial charge in [0.1, 0.15) is 5.82 Å². The van der Waals surface area contributed by atoms with Gasteiger partial charge in [-0.25, -0.2) is 4.98 Å². The van der Waals surface area contributed by atoms with E-state index in [4.69, 9.17) is 31.0 Å². The summed E-state index contributed by atoms with van der Waals surface area (Å²) >= 11 is 6.08. The zero-order valence-corrected chi connectivity index (χ0v) is 21.4. The Hall–Kier alpha value is -3.24. The van der Waals surface area contributed by atoms with Crippen molar-refractivity contribution in [3.05, 3.63) is 59.8 Å². The van der Waals surface area contributed by atoms with Crippen molar-refractivity contribution in [1.29, 1.82) is 0 Å². The number of aromatic nitrogens is 4. The van der Waals surface area contributed by atoms with E-state index in [1.165, 1.54) is 0 Å². The molecule has 2 fully saturated rings. The first-order valence-corrected chi connectivity index (χ1v) is 13.1. The lowest BCUT2D eigenvalue weighted by molar-refractivity contribution is 0.0361. The molecule has 2 aliphatic heterocycles. The molecule has 0 unspecified atom stereocenters. The maximum atomic E-state index is 6.08. The third-order valence-electron chi connectivity index (χ3n) is 6.80. The highest BCUT2D eigenvalue weighted by atomic mass is 35.5. The minimum absolute atomic E-state index is 0.668. The highest BCUT2D eigenvalue weighted by Crippen LogP contribution is 2.28. The Morgan fingerprint density at radius 1 is 0.838 bits per heavy atom. The lowest BCUT2D eigenvalue weighted by Crippen LogP contribution is -2.38. The molecule has 0 radical (unpaired) electrons. The molecule has 0 amide bonds. The highest BCUT2D eigenvalue weighted by molar-refractivity contribution is 6.30. The Labute approximate surface area is 221 Å². The second kappa shape index (κ2) is 11.0. The molecule has 6 rings (SSSR count). The maximum absolute atomic E-state index is 6.08. The Bertz CT molecular complexity index is 1350. The van der Waals surface area contributed by atoms with Crippen molar-refractivity contribution < 1.29 is 9.47 Å². The summed E-state index contributed by atoms with van der Waals surface area (Å²) in [6.45, 7) is 8.19. The summed E-state index contributed by atoms with van der Waals surface area (Å²) in [6.07, 6.45) is 1.94. The first kappa shape index (κ1) is 24.1. The Morgan fingerprint density at radius 2 is 1.59 bits per heavy atom. The number of hydrogen-bond acceptors (Lipinski definition) is 8. The lowest BCUT2D eigenvalue weighted by atomic mass is 10.1. The fourth-order valence-electron chi connectivity index (χ4n) is 4.70. The van der Waals surface area contributed by atoms with Crippen LogP contribution in [0.1, 0.15) is 0 Å². The normalized spacial score (nSPS) is 16.8. The number of morpholine rings is 2. The second-order valence-corrected chi connectivity index (χ2v) is 9.70. The number of fused-ring (bicyclic) bond motifs is 1. The van der Waals surface area contributed by atoms with Crippen molar-refractivity contribution in [1.82, 2.24) is 24.6 Å². The van der Waals surface area contributed by atoms with Crippen LogP contribution in [0.4, 0.5) is 17.5 Å². The fraction of sp³-hybridized carbons (Fsp3) is 0.370. The van der Waals surface area contributed by atoms with Gasteiger partial charge >= 0.3 is 0 Å². The summed E-state index contributed by atoms with van der Waals surface area (Å²) in [5.41, 5.74) is 3.90. The first-order valence-electron chi connectivity index (χ1n) is 12.7. The van der Waals surface area contributed by atoms with Crippen molar-refractivity contribution in [3.8, 4) is 11.3 Å². The van der Waals surface area contributed by atoms with Crippen molar-refractivity contribution in [3.63, 3.8) is 0 Å². The molecule has 192 valence electrons. The Kier molecular flexibility index (Phi) is 7.18. The summed E-state index contributed by atoms with van der Waals surface area (Å²) < 4.78 is 13.1. The molecule has 4 aromatic rings. The molecule has 37 heavy (non-hydrogen) atoms. The fourth-order valence-corrected chi connectivity index (χ4v) is 4.83. The topological polar surface area (TPSA) is 80.6 Å². The molecule has 9 nitrogen and oxygen atoms in total. The molecule has 2 aromatic heterocycles. The van der Waals surface area contributed by atoms with E-state index in [0.717, 1.165) is 86.1 Å². The van der Waals surface area contributed by atoms with Crippen molar-refractivity contribution in [2.75, 3.05) is 69.4 Å². The standard InChI is InChI=1S/C27H30ClN7O2/c28-22-3-5-23(6-4-22)30-26-18-24(31-27(32-26)34-11-15-37-16-12-34)20-1-2-21-19-29-35(25(21)17-20)8-7-33-9-13-36-14-10-33/h1-6,17-19H,7-16H2,(H,30,31,32). The smallest absolute Gasteiger partial charge is 0.228 e. The average Bonchev–Trinajstić information content (AvgIpc) is 3.36. The van der Waals surface area contributed by atoms with Gasteiger partial charge in [-0.2, -0.15) is 10.1 Å². The zero-order valence-electron chi connectivity index (χ0n) is 20.6. The Balaban J connectivity index is 1.32. The van der Waals surface area contributed by atoms with Crippen LogP contribution in [0.2, 0.25) is 5.02 Å². The molecule has 0 bridgehead atoms. The Morgan fingerprint density at radius 3 is 2.38 bits per heavy atom. The van der Waals surface area contributed by atoms with Gasteiger partial charge in [0, 0.05) is 60.4 Å². The van der Waals surface area contributed by atoms with Crippen LogP contribution in [0.15, 0.2) is 54.7 Å². The summed E-state index contributed by atoms with van der Waals surface area (Å²) in [5, 5.41) is 9.90. The molecular weight excluding hydrogens is 490 g/mol. The van der Waals surface area contributed by atoms with E-state index in [0.29, 0.717) is 24.2 Å². The molecular formula is C27H30ClN7O2. The number of benzene rings is 2. The summed E-state index contributed by atoms with van der Waals surface area (Å²) in [6, 6.07) is 16.0. The van der Waals surface area contributed by atoms with E-state index in [1.54, 1.807) is 0 Å². The van der Waals surface area contributed by atoms with Crippen LogP contribution in [0.3, 0.4) is 0 Å². The molecule has 2 saturated heterocycles. The van der Waals surface area contributed by atoms with Crippen LogP contribution < -0.4 is 10.2 Å². The maximum Gasteiger partial charge on any atom is 0.228 e. The van der Waals surface area contributed by atoms with Crippen molar-refractivity contribution >= 4 is 40.0 Å². The molecule has 0 spiro atoms. The molecule has 0 aliphatic carbocycles. The van der Waals surface area contributed by atoms with Crippen LogP contribution in [-0.2, 0) is 16.0 Å². The van der Waals surface area contributed by atoms with Gasteiger partial charge in [-0.15, -0.1) is 0 Å². The average molecular weight is 520 g/mol. The van der Waals surface area contributed by atoms with Crippen molar-refractivity contribution in [2.45, 2.75) is 6.54 Å². The van der Waals surface area contributed by atoms with Crippen LogP contribution in [0.25, 0.3) is 22.2 Å². The SMILES string of the molecule is Clc1ccc(Nc2cc(-c3ccc4cnn(CCN5CCOCC5)c4c3)nc(N3CCOCC3)n2)cc1. The van der Waals surface area contributed by atoms with E-state index >= 15 is 0 Å². The first-order chi connectivity index (χ1) is 18.2. The van der Waals surface area contributed by atoms with Gasteiger partial charge in [-0.1, -0.05) is 23.7 Å². The van der Waals surface area contributed by atoms with E-state index in [9.17, 15) is 0 Å². The van der Waals surface area contributed by atoms with Gasteiger partial charge in [-0.3, -0.25) is 9.58 Å². The van der Waals surface area contributed by atoms with Gasteiger partial charge in [0.15, 0.2) is 0 Å². The molecule has 0 atom stereocenters. The molecule has 2 aliphatic rings. The number of anilines is 3. The van der Waals surface area contributed by atoms with Crippen molar-refractivity contribution in [2.24, 2.45) is 0 Å². The monoisotopic (exact) mass is 519 g/mol. The molecule has 10 heteroatoms. The summed E-state index contributed by atoms with van der Waals surface area (Å²) in [7, 11) is 0. The van der Waals surface area contributed by atoms with Crippen LogP contribution in [0, 0.1) is 0 Å². The molecule has 1 N–H and O–H groups in total. The van der Waals surface area contributed by atoms with Crippen LogP contribution in [-0.4, -0.2) is 83.8 Å². The zero-order chi connectivity index (χ0) is 25.0. The van der Waals surface area contributed by atoms with Crippen LogP contribution >= 0.6 is 11.6 Å². The quantitative estimate of drug-likeness (QED) is 0.391. The number of nitrogens with zero attached hydrogens (tertiary/aromatic N) is 6. The predicted octanol–water partition coefficient (Wildman–Crippen LogP) is 4.06. The number of ether oxygens (including phenoxy) is 2. The molecule has 4 heterocycles. The van der Waals surface area contributed by atoms with E-state index in [-0.39, 0.29) is 0 Å². The van der Waals surface area contributed by atoms with E-state index in [2.05, 4.69) is 43.1 Å². The number of rotatable bonds is 7. The number of hydrogen-bond donors (Lipinski definition) is 1. The van der Waals surface area contributed by atoms with Gasteiger partial charge in [0.05, 0.1) is 50.4 Å². The summed E-state index contributed by atoms with van der Waals surface area (Å²) in [4.78, 5) is 14.4. The third-order valence-corrected chi connectivity index (χ3v) is 7.05. The van der Waals surface area contributed by atoms with E-state index < -0.39 is 0 Å². The van der Waals surface area contributed by atoms with Gasteiger partial charge in [0.2, 0.25) is 5.95 Å². The third kappa shape index (κ3) is 5.70.